The van der Waals surface area contributed by atoms with Crippen molar-refractivity contribution in [3.05, 3.63) is 52.6 Å². The average Bonchev–Trinajstić information content (AvgIpc) is 2.62. The van der Waals surface area contributed by atoms with E-state index in [1.807, 2.05) is 18.2 Å². The molecule has 0 atom stereocenters. The molecule has 0 fully saturated rings. The molecule has 0 aliphatic heterocycles. The summed E-state index contributed by atoms with van der Waals surface area (Å²) >= 11 is 5.10. The van der Waals surface area contributed by atoms with E-state index in [1.165, 1.54) is 11.1 Å². The summed E-state index contributed by atoms with van der Waals surface area (Å²) in [6, 6.07) is 9.86. The van der Waals surface area contributed by atoms with E-state index in [2.05, 4.69) is 38.2 Å². The van der Waals surface area contributed by atoms with Gasteiger partial charge in [-0.3, -0.25) is 0 Å². The second-order valence-electron chi connectivity index (χ2n) is 5.76. The maximum atomic E-state index is 6.08. The number of nitrogens with one attached hydrogen (secondary N) is 1. The van der Waals surface area contributed by atoms with E-state index < -0.39 is 0 Å². The Kier molecular flexibility index (Phi) is 6.65. The van der Waals surface area contributed by atoms with Gasteiger partial charge in [0.1, 0.15) is 23.9 Å². The van der Waals surface area contributed by atoms with Gasteiger partial charge in [-0.25, -0.2) is 0 Å². The van der Waals surface area contributed by atoms with Crippen molar-refractivity contribution >= 4 is 17.4 Å². The topological polar surface area (TPSA) is 39.7 Å². The first kappa shape index (κ1) is 19.1. The monoisotopic (exact) mass is 359 g/mol. The number of thiocarbonyl (C=S) groups is 1. The molecular weight excluding hydrogens is 334 g/mol. The molecule has 0 saturated carbocycles. The van der Waals surface area contributed by atoms with Crippen molar-refractivity contribution in [2.45, 2.75) is 33.8 Å². The van der Waals surface area contributed by atoms with Gasteiger partial charge in [0.25, 0.3) is 5.17 Å². The second-order valence-corrected chi connectivity index (χ2v) is 6.13. The normalized spacial score (nSPS) is 10.3. The lowest BCUT2D eigenvalue weighted by Gasteiger charge is -2.17. The lowest BCUT2D eigenvalue weighted by Crippen LogP contribution is -2.22. The molecule has 2 aromatic carbocycles. The average molecular weight is 359 g/mol. The zero-order valence-corrected chi connectivity index (χ0v) is 16.3. The molecule has 0 spiro atoms. The summed E-state index contributed by atoms with van der Waals surface area (Å²) in [7, 11) is 3.35. The van der Waals surface area contributed by atoms with Gasteiger partial charge in [-0.15, -0.1) is 0 Å². The zero-order valence-electron chi connectivity index (χ0n) is 15.4. The standard InChI is InChI=1S/C20H25NO3S/c1-6-15-10-14(3)19(11-13(15)2)23-12-16-17(22-5)8-7-9-18(16)24-20(25)21-4/h7-11H,6,12H2,1-5H3,(H,21,25). The Labute approximate surface area is 155 Å². The lowest BCUT2D eigenvalue weighted by molar-refractivity contribution is 0.289. The van der Waals surface area contributed by atoms with Crippen LogP contribution in [0.5, 0.6) is 17.2 Å². The number of hydrogen-bond donors (Lipinski definition) is 1. The fourth-order valence-electron chi connectivity index (χ4n) is 2.66. The van der Waals surface area contributed by atoms with Crippen molar-refractivity contribution in [1.29, 1.82) is 0 Å². The van der Waals surface area contributed by atoms with Crippen LogP contribution in [-0.4, -0.2) is 19.3 Å². The molecule has 25 heavy (non-hydrogen) atoms. The molecule has 0 unspecified atom stereocenters. The Morgan fingerprint density at radius 3 is 2.44 bits per heavy atom. The van der Waals surface area contributed by atoms with Gasteiger partial charge in [0.05, 0.1) is 12.7 Å². The van der Waals surface area contributed by atoms with Gasteiger partial charge in [0.2, 0.25) is 0 Å². The van der Waals surface area contributed by atoms with Crippen LogP contribution in [0.15, 0.2) is 30.3 Å². The van der Waals surface area contributed by atoms with E-state index in [9.17, 15) is 0 Å². The molecule has 134 valence electrons. The van der Waals surface area contributed by atoms with Gasteiger partial charge in [-0.05, 0) is 67.4 Å². The Bertz CT molecular complexity index is 759. The Hall–Kier alpha value is -2.27. The summed E-state index contributed by atoms with van der Waals surface area (Å²) in [5, 5.41) is 3.11. The predicted molar refractivity (Wildman–Crippen MR) is 105 cm³/mol. The van der Waals surface area contributed by atoms with E-state index in [1.54, 1.807) is 14.2 Å². The number of ether oxygens (including phenoxy) is 3. The van der Waals surface area contributed by atoms with Crippen molar-refractivity contribution in [2.75, 3.05) is 14.2 Å². The van der Waals surface area contributed by atoms with Gasteiger partial charge in [0.15, 0.2) is 0 Å². The third kappa shape index (κ3) is 4.63. The van der Waals surface area contributed by atoms with Crippen molar-refractivity contribution in [2.24, 2.45) is 0 Å². The summed E-state index contributed by atoms with van der Waals surface area (Å²) in [6.07, 6.45) is 1.01. The largest absolute Gasteiger partial charge is 0.496 e. The predicted octanol–water partition coefficient (Wildman–Crippen LogP) is 4.34. The van der Waals surface area contributed by atoms with Gasteiger partial charge in [-0.2, -0.15) is 0 Å². The highest BCUT2D eigenvalue weighted by Crippen LogP contribution is 2.31. The Morgan fingerprint density at radius 2 is 1.80 bits per heavy atom. The van der Waals surface area contributed by atoms with Gasteiger partial charge < -0.3 is 19.5 Å². The SMILES string of the molecule is CCc1cc(C)c(OCc2c(OC)cccc2OC(=S)NC)cc1C. The van der Waals surface area contributed by atoms with Crippen LogP contribution in [0.3, 0.4) is 0 Å². The van der Waals surface area contributed by atoms with Crippen LogP contribution in [0.1, 0.15) is 29.2 Å². The minimum Gasteiger partial charge on any atom is -0.496 e. The van der Waals surface area contributed by atoms with Crippen LogP contribution < -0.4 is 19.5 Å². The molecule has 0 aromatic heterocycles. The smallest absolute Gasteiger partial charge is 0.261 e. The highest BCUT2D eigenvalue weighted by atomic mass is 32.1. The number of methoxy groups -OCH3 is 1. The first-order valence-electron chi connectivity index (χ1n) is 8.28. The molecule has 0 bridgehead atoms. The first-order chi connectivity index (χ1) is 12.0. The van der Waals surface area contributed by atoms with Crippen molar-refractivity contribution in [1.82, 2.24) is 5.32 Å². The molecule has 4 nitrogen and oxygen atoms in total. The molecule has 0 radical (unpaired) electrons. The molecule has 0 aliphatic carbocycles. The number of rotatable bonds is 6. The minimum atomic E-state index is 0.300. The summed E-state index contributed by atoms with van der Waals surface area (Å²) in [5.74, 6) is 2.19. The summed E-state index contributed by atoms with van der Waals surface area (Å²) < 4.78 is 17.2. The summed E-state index contributed by atoms with van der Waals surface area (Å²) in [5.41, 5.74) is 4.51. The maximum absolute atomic E-state index is 6.08. The molecule has 0 amide bonds. The zero-order chi connectivity index (χ0) is 18.4. The quantitative estimate of drug-likeness (QED) is 0.777. The maximum Gasteiger partial charge on any atom is 0.261 e. The van der Waals surface area contributed by atoms with Crippen LogP contribution >= 0.6 is 12.2 Å². The number of aryl methyl sites for hydroxylation is 3. The van der Waals surface area contributed by atoms with E-state index in [0.717, 1.165) is 23.3 Å². The summed E-state index contributed by atoms with van der Waals surface area (Å²) in [4.78, 5) is 0. The van der Waals surface area contributed by atoms with Crippen molar-refractivity contribution in [3.63, 3.8) is 0 Å². The van der Waals surface area contributed by atoms with Crippen molar-refractivity contribution < 1.29 is 14.2 Å². The van der Waals surface area contributed by atoms with Crippen LogP contribution in [0.4, 0.5) is 0 Å². The molecule has 2 aromatic rings. The molecular formula is C20H25NO3S. The first-order valence-corrected chi connectivity index (χ1v) is 8.69. The van der Waals surface area contributed by atoms with Crippen LogP contribution in [0.25, 0.3) is 0 Å². The van der Waals surface area contributed by atoms with Crippen LogP contribution in [0.2, 0.25) is 0 Å². The van der Waals surface area contributed by atoms with Gasteiger partial charge in [0, 0.05) is 7.05 Å². The van der Waals surface area contributed by atoms with E-state index in [0.29, 0.717) is 23.3 Å². The molecule has 2 rings (SSSR count). The molecule has 0 saturated heterocycles. The van der Waals surface area contributed by atoms with E-state index in [-0.39, 0.29) is 0 Å². The van der Waals surface area contributed by atoms with Crippen LogP contribution in [-0.2, 0) is 13.0 Å². The number of hydrogen-bond acceptors (Lipinski definition) is 4. The molecule has 1 N–H and O–H groups in total. The fraction of sp³-hybridized carbons (Fsp3) is 0.350. The van der Waals surface area contributed by atoms with E-state index >= 15 is 0 Å². The molecule has 5 heteroatoms. The van der Waals surface area contributed by atoms with Gasteiger partial charge >= 0.3 is 0 Å². The third-order valence-corrected chi connectivity index (χ3v) is 4.39. The Morgan fingerprint density at radius 1 is 1.08 bits per heavy atom. The highest BCUT2D eigenvalue weighted by molar-refractivity contribution is 7.80. The Balaban J connectivity index is 2.28. The number of benzene rings is 2. The third-order valence-electron chi connectivity index (χ3n) is 4.10. The summed E-state index contributed by atoms with van der Waals surface area (Å²) in [6.45, 7) is 6.65. The van der Waals surface area contributed by atoms with E-state index in [4.69, 9.17) is 26.4 Å². The fourth-order valence-corrected chi connectivity index (χ4v) is 2.75. The minimum absolute atomic E-state index is 0.300. The van der Waals surface area contributed by atoms with Crippen LogP contribution in [0, 0.1) is 13.8 Å². The molecule has 0 heterocycles. The highest BCUT2D eigenvalue weighted by Gasteiger charge is 2.14. The lowest BCUT2D eigenvalue weighted by atomic mass is 10.0. The van der Waals surface area contributed by atoms with Crippen molar-refractivity contribution in [3.8, 4) is 17.2 Å². The molecule has 0 aliphatic rings. The van der Waals surface area contributed by atoms with Gasteiger partial charge in [-0.1, -0.05) is 19.1 Å². The second kappa shape index (κ2) is 8.72.